The van der Waals surface area contributed by atoms with E-state index in [1.807, 2.05) is 0 Å². The fourth-order valence-corrected chi connectivity index (χ4v) is 1.58. The number of hydrogen-bond acceptors (Lipinski definition) is 0. The van der Waals surface area contributed by atoms with Crippen LogP contribution in [-0.2, 0) is 21.7 Å². The van der Waals surface area contributed by atoms with Gasteiger partial charge in [0.05, 0.1) is 0 Å². The Hall–Kier alpha value is -0.396. The SMILES string of the molecule is CC1=[C-]CC=C1.[Cl-].[Cl-].[Ti+4].c1ccc2[cH-]ccc2c1. The van der Waals surface area contributed by atoms with Crippen LogP contribution in [0.5, 0.6) is 0 Å². The number of rotatable bonds is 0. The van der Waals surface area contributed by atoms with Gasteiger partial charge in [0, 0.05) is 0 Å². The second kappa shape index (κ2) is 10.5. The van der Waals surface area contributed by atoms with E-state index in [1.165, 1.54) is 16.3 Å². The van der Waals surface area contributed by atoms with E-state index in [9.17, 15) is 0 Å². The minimum absolute atomic E-state index is 0. The van der Waals surface area contributed by atoms with Crippen LogP contribution in [-0.4, -0.2) is 0 Å². The molecule has 0 fully saturated rings. The molecule has 0 heterocycles. The van der Waals surface area contributed by atoms with Gasteiger partial charge in [-0.1, -0.05) is 13.0 Å². The van der Waals surface area contributed by atoms with Crippen molar-refractivity contribution < 1.29 is 46.5 Å². The third-order valence-corrected chi connectivity index (χ3v) is 2.41. The molecule has 0 amide bonds. The molecule has 3 rings (SSSR count). The van der Waals surface area contributed by atoms with Gasteiger partial charge in [-0.2, -0.15) is 23.6 Å². The molecule has 0 aromatic heterocycles. The number of halogens is 2. The fraction of sp³-hybridized carbons (Fsp3) is 0.133. The number of benzene rings is 1. The Bertz CT molecular complexity index is 465. The summed E-state index contributed by atoms with van der Waals surface area (Å²) in [5.41, 5.74) is 1.27. The van der Waals surface area contributed by atoms with Crippen molar-refractivity contribution in [1.82, 2.24) is 0 Å². The van der Waals surface area contributed by atoms with Crippen molar-refractivity contribution in [3.63, 3.8) is 0 Å². The molecule has 1 aliphatic rings. The summed E-state index contributed by atoms with van der Waals surface area (Å²) < 4.78 is 0. The van der Waals surface area contributed by atoms with Crippen molar-refractivity contribution in [1.29, 1.82) is 0 Å². The largest absolute Gasteiger partial charge is 4.00 e. The summed E-state index contributed by atoms with van der Waals surface area (Å²) in [5, 5.41) is 2.66. The summed E-state index contributed by atoms with van der Waals surface area (Å²) in [6.07, 6.45) is 8.33. The second-order valence-corrected chi connectivity index (χ2v) is 3.62. The minimum Gasteiger partial charge on any atom is -1.00 e. The summed E-state index contributed by atoms with van der Waals surface area (Å²) in [7, 11) is 0. The average molecular weight is 313 g/mol. The van der Waals surface area contributed by atoms with Crippen molar-refractivity contribution in [3.8, 4) is 0 Å². The zero-order valence-corrected chi connectivity index (χ0v) is 13.2. The van der Waals surface area contributed by atoms with Crippen molar-refractivity contribution in [3.05, 3.63) is 66.3 Å². The van der Waals surface area contributed by atoms with Gasteiger partial charge in [0.1, 0.15) is 0 Å². The zero-order chi connectivity index (χ0) is 10.5. The Labute approximate surface area is 136 Å². The quantitative estimate of drug-likeness (QED) is 0.400. The van der Waals surface area contributed by atoms with Crippen LogP contribution in [0.15, 0.2) is 60.2 Å². The van der Waals surface area contributed by atoms with Gasteiger partial charge >= 0.3 is 21.7 Å². The second-order valence-electron chi connectivity index (χ2n) is 3.62. The molecule has 0 saturated heterocycles. The maximum Gasteiger partial charge on any atom is 4.00 e. The zero-order valence-electron chi connectivity index (χ0n) is 10.2. The molecule has 0 radical (unpaired) electrons. The molecule has 2 aromatic carbocycles. The van der Waals surface area contributed by atoms with Crippen LogP contribution in [0.3, 0.4) is 0 Å². The van der Waals surface area contributed by atoms with Gasteiger partial charge in [0.2, 0.25) is 0 Å². The monoisotopic (exact) mass is 312 g/mol. The van der Waals surface area contributed by atoms with E-state index in [0.717, 1.165) is 6.42 Å². The predicted octanol–water partition coefficient (Wildman–Crippen LogP) is -1.74. The molecule has 0 saturated carbocycles. The first-order chi connectivity index (χ1) is 7.36. The maximum absolute atomic E-state index is 3.12. The Morgan fingerprint density at radius 2 is 1.83 bits per heavy atom. The summed E-state index contributed by atoms with van der Waals surface area (Å²) in [5.74, 6) is 0. The number of fused-ring (bicyclic) bond motifs is 1. The average Bonchev–Trinajstić information content (AvgIpc) is 2.88. The first-order valence-electron chi connectivity index (χ1n) is 5.21. The van der Waals surface area contributed by atoms with Gasteiger partial charge in [-0.3, -0.25) is 6.08 Å². The first-order valence-corrected chi connectivity index (χ1v) is 5.21. The normalized spacial score (nSPS) is 11.3. The standard InChI is InChI=1S/C9H7.C6H7.2ClH.Ti/c1-2-5-9-7-3-6-8(9)4-1;1-6-4-2-3-5-6;;;/h1-7H;2,4H,3H2,1H3;2*1H;/q2*-1;;;+4/p-2. The van der Waals surface area contributed by atoms with Crippen molar-refractivity contribution in [2.75, 3.05) is 0 Å². The van der Waals surface area contributed by atoms with E-state index in [2.05, 4.69) is 67.6 Å². The van der Waals surface area contributed by atoms with Crippen molar-refractivity contribution in [2.24, 2.45) is 0 Å². The van der Waals surface area contributed by atoms with E-state index in [-0.39, 0.29) is 46.5 Å². The predicted molar refractivity (Wildman–Crippen MR) is 65.7 cm³/mol. The molecule has 0 spiro atoms. The van der Waals surface area contributed by atoms with E-state index in [4.69, 9.17) is 0 Å². The molecule has 18 heavy (non-hydrogen) atoms. The van der Waals surface area contributed by atoms with Crippen LogP contribution in [0, 0.1) is 6.08 Å². The molecule has 0 atom stereocenters. The third kappa shape index (κ3) is 5.97. The van der Waals surface area contributed by atoms with E-state index < -0.39 is 0 Å². The van der Waals surface area contributed by atoms with E-state index >= 15 is 0 Å². The maximum atomic E-state index is 3.12. The van der Waals surface area contributed by atoms with Crippen LogP contribution in [0.25, 0.3) is 10.8 Å². The van der Waals surface area contributed by atoms with Gasteiger partial charge < -0.3 is 24.8 Å². The summed E-state index contributed by atoms with van der Waals surface area (Å²) in [6, 6.07) is 14.7. The van der Waals surface area contributed by atoms with Crippen LogP contribution >= 0.6 is 0 Å². The van der Waals surface area contributed by atoms with Gasteiger partial charge in [0.25, 0.3) is 0 Å². The molecule has 0 bridgehead atoms. The van der Waals surface area contributed by atoms with Crippen LogP contribution < -0.4 is 24.8 Å². The molecule has 92 valence electrons. The Balaban J connectivity index is 0. The fourth-order valence-electron chi connectivity index (χ4n) is 1.58. The summed E-state index contributed by atoms with van der Waals surface area (Å²) in [4.78, 5) is 0. The Morgan fingerprint density at radius 1 is 1.11 bits per heavy atom. The Kier molecular flexibility index (Phi) is 11.6. The number of allylic oxidation sites excluding steroid dienone is 4. The molecule has 1 aliphatic carbocycles. The molecule has 0 aliphatic heterocycles. The van der Waals surface area contributed by atoms with E-state index in [1.54, 1.807) is 0 Å². The Morgan fingerprint density at radius 3 is 2.33 bits per heavy atom. The molecule has 3 heteroatoms. The van der Waals surface area contributed by atoms with Crippen molar-refractivity contribution in [2.45, 2.75) is 13.3 Å². The summed E-state index contributed by atoms with van der Waals surface area (Å²) in [6.45, 7) is 2.06. The third-order valence-electron chi connectivity index (χ3n) is 2.41. The summed E-state index contributed by atoms with van der Waals surface area (Å²) >= 11 is 0. The van der Waals surface area contributed by atoms with Gasteiger partial charge in [-0.05, 0) is 0 Å². The molecule has 0 nitrogen and oxygen atoms in total. The van der Waals surface area contributed by atoms with Crippen LogP contribution in [0.4, 0.5) is 0 Å². The molecular formula is C15H14Cl2Ti. The number of hydrogen-bond donors (Lipinski definition) is 0. The van der Waals surface area contributed by atoms with Crippen molar-refractivity contribution >= 4 is 10.8 Å². The van der Waals surface area contributed by atoms with Crippen LogP contribution in [0.1, 0.15) is 13.3 Å². The van der Waals surface area contributed by atoms with Gasteiger partial charge in [-0.25, -0.2) is 11.6 Å². The molecule has 0 unspecified atom stereocenters. The smallest absolute Gasteiger partial charge is 1.00 e. The topological polar surface area (TPSA) is 0 Å². The van der Waals surface area contributed by atoms with Gasteiger partial charge in [0.15, 0.2) is 0 Å². The first kappa shape index (κ1) is 19.9. The van der Waals surface area contributed by atoms with Crippen LogP contribution in [0.2, 0.25) is 0 Å². The minimum atomic E-state index is 0. The molecular weight excluding hydrogens is 299 g/mol. The van der Waals surface area contributed by atoms with E-state index in [0.29, 0.717) is 0 Å². The van der Waals surface area contributed by atoms with Gasteiger partial charge in [-0.15, -0.1) is 36.1 Å². The molecule has 0 N–H and O–H groups in total. The molecule has 2 aromatic rings.